The third-order valence-electron chi connectivity index (χ3n) is 3.50. The van der Waals surface area contributed by atoms with Crippen LogP contribution in [0.3, 0.4) is 0 Å². The van der Waals surface area contributed by atoms with Crippen LogP contribution in [0.25, 0.3) is 0 Å². The van der Waals surface area contributed by atoms with Crippen LogP contribution < -0.4 is 5.48 Å². The molecule has 0 aromatic carbocycles. The Hall–Kier alpha value is -0.120. The van der Waals surface area contributed by atoms with Gasteiger partial charge in [-0.15, -0.1) is 0 Å². The highest BCUT2D eigenvalue weighted by atomic mass is 16.6. The maximum Gasteiger partial charge on any atom is 0.0850 e. The summed E-state index contributed by atoms with van der Waals surface area (Å²) in [5, 5.41) is 10.3. The summed E-state index contributed by atoms with van der Waals surface area (Å²) < 4.78 is 0. The lowest BCUT2D eigenvalue weighted by Gasteiger charge is -2.29. The number of nitrogens with one attached hydrogen (secondary N) is 1. The average molecular weight is 171 g/mol. The molecule has 0 bridgehead atoms. The van der Waals surface area contributed by atoms with Gasteiger partial charge in [0.15, 0.2) is 0 Å². The van der Waals surface area contributed by atoms with Crippen LogP contribution in [0, 0.1) is 5.92 Å². The molecule has 3 atom stereocenters. The molecule has 2 aliphatic rings. The van der Waals surface area contributed by atoms with Gasteiger partial charge in [-0.25, -0.2) is 0 Å². The van der Waals surface area contributed by atoms with E-state index in [1.54, 1.807) is 7.11 Å². The zero-order valence-corrected chi connectivity index (χ0v) is 7.55. The van der Waals surface area contributed by atoms with Crippen LogP contribution in [0.2, 0.25) is 0 Å². The largest absolute Gasteiger partial charge is 0.388 e. The van der Waals surface area contributed by atoms with Gasteiger partial charge in [0.2, 0.25) is 0 Å². The topological polar surface area (TPSA) is 41.5 Å². The average Bonchev–Trinajstić information content (AvgIpc) is 2.51. The minimum Gasteiger partial charge on any atom is -0.388 e. The molecule has 0 heterocycles. The first-order chi connectivity index (χ1) is 5.77. The molecule has 3 heteroatoms. The van der Waals surface area contributed by atoms with E-state index < -0.39 is 5.60 Å². The van der Waals surface area contributed by atoms with Gasteiger partial charge in [0.1, 0.15) is 0 Å². The van der Waals surface area contributed by atoms with Crippen molar-refractivity contribution in [2.24, 2.45) is 5.92 Å². The van der Waals surface area contributed by atoms with Crippen LogP contribution in [0.5, 0.6) is 0 Å². The Labute approximate surface area is 73.1 Å². The molecule has 0 aromatic heterocycles. The molecule has 2 fully saturated rings. The normalized spacial score (nSPS) is 46.5. The fourth-order valence-electron chi connectivity index (χ4n) is 2.86. The van der Waals surface area contributed by atoms with E-state index in [-0.39, 0.29) is 6.04 Å². The zero-order chi connectivity index (χ0) is 8.60. The predicted molar refractivity (Wildman–Crippen MR) is 45.5 cm³/mol. The van der Waals surface area contributed by atoms with Crippen LogP contribution in [0.4, 0.5) is 0 Å². The minimum atomic E-state index is -0.462. The van der Waals surface area contributed by atoms with E-state index >= 15 is 0 Å². The van der Waals surface area contributed by atoms with E-state index in [2.05, 4.69) is 5.48 Å². The molecular weight excluding hydrogens is 154 g/mol. The van der Waals surface area contributed by atoms with E-state index in [0.717, 1.165) is 19.3 Å². The third-order valence-corrected chi connectivity index (χ3v) is 3.50. The Balaban J connectivity index is 2.07. The van der Waals surface area contributed by atoms with Crippen molar-refractivity contribution in [3.05, 3.63) is 0 Å². The molecule has 0 amide bonds. The summed E-state index contributed by atoms with van der Waals surface area (Å²) >= 11 is 0. The Morgan fingerprint density at radius 2 is 2.25 bits per heavy atom. The first-order valence-electron chi connectivity index (χ1n) is 4.78. The molecule has 0 aliphatic heterocycles. The van der Waals surface area contributed by atoms with Gasteiger partial charge in [0.25, 0.3) is 0 Å². The van der Waals surface area contributed by atoms with Crippen molar-refractivity contribution in [1.82, 2.24) is 5.48 Å². The van der Waals surface area contributed by atoms with Gasteiger partial charge in [-0.3, -0.25) is 0 Å². The summed E-state index contributed by atoms with van der Waals surface area (Å²) in [7, 11) is 1.62. The highest BCUT2D eigenvalue weighted by Gasteiger charge is 2.51. The Morgan fingerprint density at radius 1 is 1.42 bits per heavy atom. The van der Waals surface area contributed by atoms with Crippen molar-refractivity contribution >= 4 is 0 Å². The van der Waals surface area contributed by atoms with Crippen molar-refractivity contribution < 1.29 is 9.94 Å². The Morgan fingerprint density at radius 3 is 3.00 bits per heavy atom. The van der Waals surface area contributed by atoms with Crippen LogP contribution in [0.15, 0.2) is 0 Å². The number of hydrogen-bond acceptors (Lipinski definition) is 3. The molecule has 2 saturated carbocycles. The summed E-state index contributed by atoms with van der Waals surface area (Å²) in [4.78, 5) is 4.89. The molecule has 2 rings (SSSR count). The van der Waals surface area contributed by atoms with E-state index in [1.165, 1.54) is 12.8 Å². The van der Waals surface area contributed by atoms with Crippen molar-refractivity contribution in [1.29, 1.82) is 0 Å². The molecule has 2 aliphatic carbocycles. The summed E-state index contributed by atoms with van der Waals surface area (Å²) in [6.07, 6.45) is 5.51. The number of rotatable bonds is 2. The predicted octanol–water partition coefficient (Wildman–Crippen LogP) is 0.831. The zero-order valence-electron chi connectivity index (χ0n) is 7.55. The third kappa shape index (κ3) is 1.08. The molecule has 0 spiro atoms. The van der Waals surface area contributed by atoms with Crippen molar-refractivity contribution in [3.63, 3.8) is 0 Å². The second-order valence-electron chi connectivity index (χ2n) is 4.03. The molecule has 2 N–H and O–H groups in total. The molecule has 0 radical (unpaired) electrons. The maximum absolute atomic E-state index is 10.3. The summed E-state index contributed by atoms with van der Waals surface area (Å²) in [6, 6.07) is 0.162. The second-order valence-corrected chi connectivity index (χ2v) is 4.03. The monoisotopic (exact) mass is 171 g/mol. The first kappa shape index (κ1) is 8.48. The van der Waals surface area contributed by atoms with Crippen LogP contribution in [0.1, 0.15) is 32.1 Å². The maximum atomic E-state index is 10.3. The van der Waals surface area contributed by atoms with Crippen LogP contribution in [-0.2, 0) is 4.84 Å². The van der Waals surface area contributed by atoms with Crippen molar-refractivity contribution in [3.8, 4) is 0 Å². The minimum absolute atomic E-state index is 0.162. The van der Waals surface area contributed by atoms with Gasteiger partial charge in [0.05, 0.1) is 18.8 Å². The van der Waals surface area contributed by atoms with E-state index in [9.17, 15) is 5.11 Å². The van der Waals surface area contributed by atoms with Gasteiger partial charge >= 0.3 is 0 Å². The number of hydroxylamine groups is 1. The lowest BCUT2D eigenvalue weighted by molar-refractivity contribution is -0.0549. The summed E-state index contributed by atoms with van der Waals surface area (Å²) in [5.41, 5.74) is 2.44. The highest BCUT2D eigenvalue weighted by molar-refractivity contribution is 5.05. The lowest BCUT2D eigenvalue weighted by Crippen LogP contribution is -2.47. The lowest BCUT2D eigenvalue weighted by atomic mass is 9.92. The molecule has 12 heavy (non-hydrogen) atoms. The second kappa shape index (κ2) is 2.98. The van der Waals surface area contributed by atoms with E-state index in [1.807, 2.05) is 0 Å². The molecule has 0 aromatic rings. The van der Waals surface area contributed by atoms with Crippen LogP contribution >= 0.6 is 0 Å². The van der Waals surface area contributed by atoms with Crippen molar-refractivity contribution in [2.75, 3.05) is 7.11 Å². The number of fused-ring (bicyclic) bond motifs is 1. The van der Waals surface area contributed by atoms with E-state index in [4.69, 9.17) is 4.84 Å². The SMILES string of the molecule is CON[C@@H]1CC[C@@H]2CCC[C@@]21O. The number of aliphatic hydroxyl groups is 1. The van der Waals surface area contributed by atoms with Gasteiger partial charge < -0.3 is 9.94 Å². The summed E-state index contributed by atoms with van der Waals surface area (Å²) in [6.45, 7) is 0. The Bertz CT molecular complexity index is 172. The molecule has 0 saturated heterocycles. The first-order valence-corrected chi connectivity index (χ1v) is 4.78. The molecule has 70 valence electrons. The van der Waals surface area contributed by atoms with E-state index in [0.29, 0.717) is 5.92 Å². The van der Waals surface area contributed by atoms with Gasteiger partial charge in [-0.2, -0.15) is 5.48 Å². The van der Waals surface area contributed by atoms with Gasteiger partial charge in [-0.1, -0.05) is 6.42 Å². The van der Waals surface area contributed by atoms with Crippen LogP contribution in [-0.4, -0.2) is 23.9 Å². The molecule has 3 nitrogen and oxygen atoms in total. The van der Waals surface area contributed by atoms with Gasteiger partial charge in [0, 0.05) is 0 Å². The van der Waals surface area contributed by atoms with Crippen molar-refractivity contribution in [2.45, 2.75) is 43.7 Å². The fourth-order valence-corrected chi connectivity index (χ4v) is 2.86. The highest BCUT2D eigenvalue weighted by Crippen LogP contribution is 2.47. The van der Waals surface area contributed by atoms with Gasteiger partial charge in [-0.05, 0) is 31.6 Å². The number of hydrogen-bond donors (Lipinski definition) is 2. The molecular formula is C9H17NO2. The standard InChI is InChI=1S/C9H17NO2/c1-12-10-8-5-4-7-3-2-6-9(7,8)11/h7-8,10-11H,2-6H2,1H3/t7-,8+,9+/m0/s1. The Kier molecular flexibility index (Phi) is 2.10. The smallest absolute Gasteiger partial charge is 0.0850 e. The fraction of sp³-hybridized carbons (Fsp3) is 1.00. The summed E-state index contributed by atoms with van der Waals surface area (Å²) in [5.74, 6) is 0.519. The molecule has 0 unspecified atom stereocenters. The quantitative estimate of drug-likeness (QED) is 0.605.